The van der Waals surface area contributed by atoms with Gasteiger partial charge < -0.3 is 4.74 Å². The molecule has 1 aliphatic rings. The van der Waals surface area contributed by atoms with Crippen LogP contribution >= 0.6 is 0 Å². The number of carbonyl (C=O) groups excluding carboxylic acids is 1. The highest BCUT2D eigenvalue weighted by molar-refractivity contribution is 5.73. The van der Waals surface area contributed by atoms with E-state index in [1.54, 1.807) is 0 Å². The van der Waals surface area contributed by atoms with E-state index in [0.717, 1.165) is 24.3 Å². The number of esters is 1. The summed E-state index contributed by atoms with van der Waals surface area (Å²) in [5, 5.41) is 0. The Labute approximate surface area is 169 Å². The predicted octanol–water partition coefficient (Wildman–Crippen LogP) is 7.43. The van der Waals surface area contributed by atoms with Gasteiger partial charge in [-0.1, -0.05) is 75.6 Å². The lowest BCUT2D eigenvalue weighted by Gasteiger charge is -2.18. The van der Waals surface area contributed by atoms with Crippen molar-refractivity contribution in [3.8, 4) is 16.9 Å². The maximum atomic E-state index is 11.9. The Kier molecular flexibility index (Phi) is 7.47. The van der Waals surface area contributed by atoms with Gasteiger partial charge in [0.1, 0.15) is 5.75 Å². The fourth-order valence-electron chi connectivity index (χ4n) is 3.70. The smallest absolute Gasteiger partial charge is 0.311 e. The zero-order valence-corrected chi connectivity index (χ0v) is 17.2. The molecule has 0 aromatic heterocycles. The SMILES string of the molecule is CCCCCCC(=O)Oc1ccc(-c2ccc(C3=CCC(C)CC3)cc2)cc1. The number of carbonyl (C=O) groups is 1. The van der Waals surface area contributed by atoms with Gasteiger partial charge in [-0.05, 0) is 66.0 Å². The Morgan fingerprint density at radius 3 is 2.18 bits per heavy atom. The van der Waals surface area contributed by atoms with E-state index in [4.69, 9.17) is 4.74 Å². The lowest BCUT2D eigenvalue weighted by molar-refractivity contribution is -0.134. The van der Waals surface area contributed by atoms with Gasteiger partial charge in [0.05, 0.1) is 0 Å². The molecular formula is C26H32O2. The normalized spacial score (nSPS) is 16.5. The first-order valence-electron chi connectivity index (χ1n) is 10.8. The van der Waals surface area contributed by atoms with E-state index in [1.165, 1.54) is 48.8 Å². The summed E-state index contributed by atoms with van der Waals surface area (Å²) in [6, 6.07) is 16.6. The largest absolute Gasteiger partial charge is 0.427 e. The highest BCUT2D eigenvalue weighted by Crippen LogP contribution is 2.31. The van der Waals surface area contributed by atoms with Crippen molar-refractivity contribution in [3.63, 3.8) is 0 Å². The summed E-state index contributed by atoms with van der Waals surface area (Å²) in [7, 11) is 0. The van der Waals surface area contributed by atoms with Gasteiger partial charge >= 0.3 is 5.97 Å². The molecular weight excluding hydrogens is 344 g/mol. The first-order chi connectivity index (χ1) is 13.7. The minimum Gasteiger partial charge on any atom is -0.427 e. The summed E-state index contributed by atoms with van der Waals surface area (Å²) in [6.07, 6.45) is 10.9. The van der Waals surface area contributed by atoms with Crippen LogP contribution in [0.2, 0.25) is 0 Å². The number of ether oxygens (including phenoxy) is 1. The van der Waals surface area contributed by atoms with Gasteiger partial charge in [0, 0.05) is 6.42 Å². The molecule has 0 spiro atoms. The zero-order chi connectivity index (χ0) is 19.8. The molecule has 1 unspecified atom stereocenters. The standard InChI is InChI=1S/C26H32O2/c1-3-4-5-6-7-26(27)28-25-18-16-24(17-19-25)23-14-12-22(13-15-23)21-10-8-20(2)9-11-21/h10,12-20H,3-9,11H2,1-2H3. The summed E-state index contributed by atoms with van der Waals surface area (Å²) in [5.41, 5.74) is 5.14. The van der Waals surface area contributed by atoms with E-state index >= 15 is 0 Å². The van der Waals surface area contributed by atoms with Gasteiger partial charge in [0.15, 0.2) is 0 Å². The highest BCUT2D eigenvalue weighted by atomic mass is 16.5. The van der Waals surface area contributed by atoms with Crippen molar-refractivity contribution in [3.05, 3.63) is 60.2 Å². The molecule has 0 aliphatic heterocycles. The molecule has 2 nitrogen and oxygen atoms in total. The zero-order valence-electron chi connectivity index (χ0n) is 17.2. The number of allylic oxidation sites excluding steroid dienone is 2. The average molecular weight is 377 g/mol. The van der Waals surface area contributed by atoms with Crippen molar-refractivity contribution in [2.75, 3.05) is 0 Å². The molecule has 148 valence electrons. The van der Waals surface area contributed by atoms with Crippen molar-refractivity contribution in [2.24, 2.45) is 5.92 Å². The monoisotopic (exact) mass is 376 g/mol. The van der Waals surface area contributed by atoms with Gasteiger partial charge in [-0.25, -0.2) is 0 Å². The molecule has 0 saturated heterocycles. The van der Waals surface area contributed by atoms with E-state index in [2.05, 4.69) is 44.2 Å². The molecule has 0 bridgehead atoms. The van der Waals surface area contributed by atoms with Crippen molar-refractivity contribution in [2.45, 2.75) is 65.2 Å². The third kappa shape index (κ3) is 5.82. The van der Waals surface area contributed by atoms with Crippen molar-refractivity contribution in [1.82, 2.24) is 0 Å². The quantitative estimate of drug-likeness (QED) is 0.272. The summed E-state index contributed by atoms with van der Waals surface area (Å²) >= 11 is 0. The summed E-state index contributed by atoms with van der Waals surface area (Å²) in [5.74, 6) is 1.30. The molecule has 0 saturated carbocycles. The Balaban J connectivity index is 1.56. The van der Waals surface area contributed by atoms with E-state index in [0.29, 0.717) is 12.2 Å². The molecule has 2 aromatic rings. The van der Waals surface area contributed by atoms with Gasteiger partial charge in [0.2, 0.25) is 0 Å². The Morgan fingerprint density at radius 1 is 0.929 bits per heavy atom. The van der Waals surface area contributed by atoms with Crippen LogP contribution in [0.1, 0.15) is 70.8 Å². The predicted molar refractivity (Wildman–Crippen MR) is 117 cm³/mol. The third-order valence-corrected chi connectivity index (χ3v) is 5.58. The molecule has 0 fully saturated rings. The molecule has 3 rings (SSSR count). The lowest BCUT2D eigenvalue weighted by atomic mass is 9.87. The average Bonchev–Trinajstić information content (AvgIpc) is 2.73. The fraction of sp³-hybridized carbons (Fsp3) is 0.423. The second-order valence-electron chi connectivity index (χ2n) is 8.00. The molecule has 1 atom stereocenters. The van der Waals surface area contributed by atoms with Crippen LogP contribution in [0.25, 0.3) is 16.7 Å². The van der Waals surface area contributed by atoms with Gasteiger partial charge in [-0.2, -0.15) is 0 Å². The summed E-state index contributed by atoms with van der Waals surface area (Å²) in [4.78, 5) is 11.9. The minimum atomic E-state index is -0.136. The molecule has 0 amide bonds. The topological polar surface area (TPSA) is 26.3 Å². The van der Waals surface area contributed by atoms with E-state index in [-0.39, 0.29) is 5.97 Å². The van der Waals surface area contributed by atoms with Crippen LogP contribution in [0.5, 0.6) is 5.75 Å². The maximum Gasteiger partial charge on any atom is 0.311 e. The van der Waals surface area contributed by atoms with Crippen molar-refractivity contribution < 1.29 is 9.53 Å². The van der Waals surface area contributed by atoms with E-state index in [9.17, 15) is 4.79 Å². The fourth-order valence-corrected chi connectivity index (χ4v) is 3.70. The second-order valence-corrected chi connectivity index (χ2v) is 8.00. The molecule has 28 heavy (non-hydrogen) atoms. The summed E-state index contributed by atoms with van der Waals surface area (Å²) in [6.45, 7) is 4.49. The molecule has 2 aromatic carbocycles. The Hall–Kier alpha value is -2.35. The molecule has 0 heterocycles. The van der Waals surface area contributed by atoms with Gasteiger partial charge in [0.25, 0.3) is 0 Å². The lowest BCUT2D eigenvalue weighted by Crippen LogP contribution is -2.07. The third-order valence-electron chi connectivity index (χ3n) is 5.58. The maximum absolute atomic E-state index is 11.9. The van der Waals surface area contributed by atoms with Crippen molar-refractivity contribution in [1.29, 1.82) is 0 Å². The van der Waals surface area contributed by atoms with E-state index in [1.807, 2.05) is 24.3 Å². The van der Waals surface area contributed by atoms with Crippen molar-refractivity contribution >= 4 is 11.5 Å². The highest BCUT2D eigenvalue weighted by Gasteiger charge is 2.11. The molecule has 0 radical (unpaired) electrons. The molecule has 1 aliphatic carbocycles. The number of unbranched alkanes of at least 4 members (excludes halogenated alkanes) is 3. The van der Waals surface area contributed by atoms with Crippen LogP contribution in [0.3, 0.4) is 0 Å². The Bertz CT molecular complexity index is 784. The van der Waals surface area contributed by atoms with Crippen LogP contribution in [-0.4, -0.2) is 5.97 Å². The molecule has 2 heteroatoms. The number of hydrogen-bond donors (Lipinski definition) is 0. The Morgan fingerprint density at radius 2 is 1.57 bits per heavy atom. The first kappa shape index (κ1) is 20.4. The number of hydrogen-bond acceptors (Lipinski definition) is 2. The second kappa shape index (κ2) is 10.3. The van der Waals surface area contributed by atoms with E-state index < -0.39 is 0 Å². The van der Waals surface area contributed by atoms with Crippen LogP contribution in [0.4, 0.5) is 0 Å². The van der Waals surface area contributed by atoms with Gasteiger partial charge in [-0.3, -0.25) is 4.79 Å². The first-order valence-corrected chi connectivity index (χ1v) is 10.8. The van der Waals surface area contributed by atoms with Crippen LogP contribution in [-0.2, 0) is 4.79 Å². The number of benzene rings is 2. The van der Waals surface area contributed by atoms with Gasteiger partial charge in [-0.15, -0.1) is 0 Å². The van der Waals surface area contributed by atoms with Crippen LogP contribution < -0.4 is 4.74 Å². The molecule has 0 N–H and O–H groups in total. The number of rotatable bonds is 8. The van der Waals surface area contributed by atoms with Crippen LogP contribution in [0.15, 0.2) is 54.6 Å². The van der Waals surface area contributed by atoms with Crippen LogP contribution in [0, 0.1) is 5.92 Å². The summed E-state index contributed by atoms with van der Waals surface area (Å²) < 4.78 is 5.45. The minimum absolute atomic E-state index is 0.136.